The van der Waals surface area contributed by atoms with E-state index in [1.807, 2.05) is 32.9 Å². The summed E-state index contributed by atoms with van der Waals surface area (Å²) in [5, 5.41) is 17.1. The molecule has 1 atom stereocenters. The zero-order valence-corrected chi connectivity index (χ0v) is 10.4. The largest absolute Gasteiger partial charge is 0.391 e. The van der Waals surface area contributed by atoms with Gasteiger partial charge in [-0.2, -0.15) is 9.61 Å². The maximum atomic E-state index is 9.77. The molecule has 5 nitrogen and oxygen atoms in total. The van der Waals surface area contributed by atoms with Gasteiger partial charge in [-0.3, -0.25) is 0 Å². The quantitative estimate of drug-likeness (QED) is 0.841. The van der Waals surface area contributed by atoms with Gasteiger partial charge in [-0.15, -0.1) is 0 Å². The summed E-state index contributed by atoms with van der Waals surface area (Å²) in [6, 6.07) is 3.96. The van der Waals surface area contributed by atoms with Crippen LogP contribution < -0.4 is 5.32 Å². The van der Waals surface area contributed by atoms with Crippen LogP contribution in [-0.2, 0) is 0 Å². The van der Waals surface area contributed by atoms with E-state index in [0.29, 0.717) is 6.54 Å². The van der Waals surface area contributed by atoms with Crippen molar-refractivity contribution in [3.63, 3.8) is 0 Å². The van der Waals surface area contributed by atoms with E-state index >= 15 is 0 Å². The SMILES string of the molecule is Cc1cc(NCC(O)C(C)C)n2ncnc2c1. The van der Waals surface area contributed by atoms with Crippen molar-refractivity contribution in [1.29, 1.82) is 0 Å². The van der Waals surface area contributed by atoms with Crippen molar-refractivity contribution in [2.24, 2.45) is 5.92 Å². The fourth-order valence-corrected chi connectivity index (χ4v) is 1.63. The summed E-state index contributed by atoms with van der Waals surface area (Å²) in [6.07, 6.45) is 1.16. The average Bonchev–Trinajstić information content (AvgIpc) is 2.72. The first-order chi connectivity index (χ1) is 8.08. The Kier molecular flexibility index (Phi) is 3.28. The van der Waals surface area contributed by atoms with Crippen LogP contribution in [0.5, 0.6) is 0 Å². The number of nitrogens with one attached hydrogen (secondary N) is 1. The van der Waals surface area contributed by atoms with Crippen molar-refractivity contribution in [3.05, 3.63) is 24.0 Å². The molecular formula is C12H18N4O. The number of rotatable bonds is 4. The predicted molar refractivity (Wildman–Crippen MR) is 67.1 cm³/mol. The number of pyridine rings is 1. The van der Waals surface area contributed by atoms with Crippen LogP contribution in [0.4, 0.5) is 5.82 Å². The first-order valence-corrected chi connectivity index (χ1v) is 5.80. The topological polar surface area (TPSA) is 62.5 Å². The fraction of sp³-hybridized carbons (Fsp3) is 0.500. The van der Waals surface area contributed by atoms with Crippen LogP contribution in [-0.4, -0.2) is 32.4 Å². The van der Waals surface area contributed by atoms with Crippen LogP contribution in [0, 0.1) is 12.8 Å². The van der Waals surface area contributed by atoms with E-state index in [4.69, 9.17) is 0 Å². The molecule has 2 N–H and O–H groups in total. The summed E-state index contributed by atoms with van der Waals surface area (Å²) in [5.74, 6) is 1.09. The summed E-state index contributed by atoms with van der Waals surface area (Å²) in [5.41, 5.74) is 1.93. The highest BCUT2D eigenvalue weighted by molar-refractivity contribution is 5.51. The summed E-state index contributed by atoms with van der Waals surface area (Å²) in [4.78, 5) is 4.15. The molecule has 0 saturated carbocycles. The van der Waals surface area contributed by atoms with Crippen LogP contribution in [0.15, 0.2) is 18.5 Å². The van der Waals surface area contributed by atoms with Crippen LogP contribution in [0.3, 0.4) is 0 Å². The summed E-state index contributed by atoms with van der Waals surface area (Å²) in [6.45, 7) is 6.51. The second kappa shape index (κ2) is 4.71. The van der Waals surface area contributed by atoms with Crippen molar-refractivity contribution in [2.75, 3.05) is 11.9 Å². The Morgan fingerprint density at radius 3 is 2.88 bits per heavy atom. The number of aromatic nitrogens is 3. The highest BCUT2D eigenvalue weighted by Gasteiger charge is 2.10. The third kappa shape index (κ3) is 2.55. The molecule has 1 unspecified atom stereocenters. The van der Waals surface area contributed by atoms with Gasteiger partial charge < -0.3 is 10.4 Å². The molecule has 0 amide bonds. The van der Waals surface area contributed by atoms with Crippen molar-refractivity contribution in [3.8, 4) is 0 Å². The molecule has 0 aromatic carbocycles. The standard InChI is InChI=1S/C12H18N4O/c1-8(2)10(17)6-13-11-4-9(3)5-12-14-7-15-16(11)12/h4-5,7-8,10,13,17H,6H2,1-3H3. The number of aliphatic hydroxyl groups is 1. The lowest BCUT2D eigenvalue weighted by Crippen LogP contribution is -2.25. The molecule has 2 aromatic heterocycles. The Morgan fingerprint density at radius 2 is 2.18 bits per heavy atom. The van der Waals surface area contributed by atoms with Gasteiger partial charge in [-0.25, -0.2) is 4.98 Å². The second-order valence-corrected chi connectivity index (χ2v) is 4.64. The van der Waals surface area contributed by atoms with Gasteiger partial charge in [0.05, 0.1) is 6.10 Å². The van der Waals surface area contributed by atoms with Crippen LogP contribution in [0.2, 0.25) is 0 Å². The minimum atomic E-state index is -0.367. The smallest absolute Gasteiger partial charge is 0.157 e. The lowest BCUT2D eigenvalue weighted by molar-refractivity contribution is 0.138. The van der Waals surface area contributed by atoms with Crippen molar-refractivity contribution in [1.82, 2.24) is 14.6 Å². The molecule has 2 heterocycles. The van der Waals surface area contributed by atoms with E-state index in [-0.39, 0.29) is 12.0 Å². The van der Waals surface area contributed by atoms with Crippen molar-refractivity contribution >= 4 is 11.5 Å². The average molecular weight is 234 g/mol. The van der Waals surface area contributed by atoms with Gasteiger partial charge >= 0.3 is 0 Å². The minimum absolute atomic E-state index is 0.235. The number of aryl methyl sites for hydroxylation is 1. The molecule has 0 fully saturated rings. The molecular weight excluding hydrogens is 216 g/mol. The highest BCUT2D eigenvalue weighted by atomic mass is 16.3. The van der Waals surface area contributed by atoms with Gasteiger partial charge in [-0.05, 0) is 30.5 Å². The molecule has 2 aromatic rings. The maximum Gasteiger partial charge on any atom is 0.157 e. The van der Waals surface area contributed by atoms with E-state index in [0.717, 1.165) is 17.0 Å². The Hall–Kier alpha value is -1.62. The van der Waals surface area contributed by atoms with Crippen molar-refractivity contribution in [2.45, 2.75) is 26.9 Å². The minimum Gasteiger partial charge on any atom is -0.391 e. The summed E-state index contributed by atoms with van der Waals surface area (Å²) >= 11 is 0. The van der Waals surface area contributed by atoms with Gasteiger partial charge in [0, 0.05) is 6.54 Å². The van der Waals surface area contributed by atoms with Gasteiger partial charge in [0.2, 0.25) is 0 Å². The number of fused-ring (bicyclic) bond motifs is 1. The summed E-state index contributed by atoms with van der Waals surface area (Å²) in [7, 11) is 0. The molecule has 17 heavy (non-hydrogen) atoms. The van der Waals surface area contributed by atoms with Crippen LogP contribution >= 0.6 is 0 Å². The predicted octanol–water partition coefficient (Wildman–Crippen LogP) is 1.47. The van der Waals surface area contributed by atoms with Gasteiger partial charge in [0.15, 0.2) is 5.65 Å². The third-order valence-corrected chi connectivity index (χ3v) is 2.79. The van der Waals surface area contributed by atoms with E-state index < -0.39 is 0 Å². The Bertz CT molecular complexity index is 506. The normalized spacial score (nSPS) is 13.2. The first-order valence-electron chi connectivity index (χ1n) is 5.80. The number of hydrogen-bond donors (Lipinski definition) is 2. The Labute approximate surface area is 100 Å². The molecule has 2 rings (SSSR count). The summed E-state index contributed by atoms with van der Waals surface area (Å²) < 4.78 is 1.74. The van der Waals surface area contributed by atoms with Gasteiger partial charge in [-0.1, -0.05) is 13.8 Å². The Balaban J connectivity index is 2.20. The monoisotopic (exact) mass is 234 g/mol. The third-order valence-electron chi connectivity index (χ3n) is 2.79. The van der Waals surface area contributed by atoms with E-state index in [1.165, 1.54) is 6.33 Å². The zero-order chi connectivity index (χ0) is 12.4. The van der Waals surface area contributed by atoms with E-state index in [2.05, 4.69) is 15.4 Å². The molecule has 0 saturated heterocycles. The highest BCUT2D eigenvalue weighted by Crippen LogP contribution is 2.13. The fourth-order valence-electron chi connectivity index (χ4n) is 1.63. The number of nitrogens with zero attached hydrogens (tertiary/aromatic N) is 3. The lowest BCUT2D eigenvalue weighted by Gasteiger charge is -2.16. The second-order valence-electron chi connectivity index (χ2n) is 4.64. The zero-order valence-electron chi connectivity index (χ0n) is 10.4. The first kappa shape index (κ1) is 11.9. The van der Waals surface area contributed by atoms with Crippen LogP contribution in [0.1, 0.15) is 19.4 Å². The molecule has 5 heteroatoms. The molecule has 0 aliphatic rings. The van der Waals surface area contributed by atoms with E-state index in [9.17, 15) is 5.11 Å². The van der Waals surface area contributed by atoms with Gasteiger partial charge in [0.1, 0.15) is 12.1 Å². The Morgan fingerprint density at radius 1 is 1.41 bits per heavy atom. The number of aliphatic hydroxyl groups excluding tert-OH is 1. The molecule has 0 aliphatic carbocycles. The number of anilines is 1. The van der Waals surface area contributed by atoms with Crippen molar-refractivity contribution < 1.29 is 5.11 Å². The lowest BCUT2D eigenvalue weighted by atomic mass is 10.1. The number of hydrogen-bond acceptors (Lipinski definition) is 4. The molecule has 0 bridgehead atoms. The molecule has 0 spiro atoms. The van der Waals surface area contributed by atoms with Crippen LogP contribution in [0.25, 0.3) is 5.65 Å². The van der Waals surface area contributed by atoms with Gasteiger partial charge in [0.25, 0.3) is 0 Å². The molecule has 0 aliphatic heterocycles. The maximum absolute atomic E-state index is 9.77. The van der Waals surface area contributed by atoms with E-state index in [1.54, 1.807) is 4.52 Å². The molecule has 92 valence electrons. The molecule has 0 radical (unpaired) electrons.